The molecule has 2 aromatic carbocycles. The number of rotatable bonds is 6. The zero-order chi connectivity index (χ0) is 20.1. The molecule has 2 aromatic rings. The maximum Gasteiger partial charge on any atom is 0.266 e. The van der Waals surface area contributed by atoms with E-state index >= 15 is 0 Å². The lowest BCUT2D eigenvalue weighted by atomic mass is 10.2. The Morgan fingerprint density at radius 2 is 1.96 bits per heavy atom. The fourth-order valence-corrected chi connectivity index (χ4v) is 4.26. The number of benzene rings is 2. The monoisotopic (exact) mass is 418 g/mol. The molecule has 28 heavy (non-hydrogen) atoms. The van der Waals surface area contributed by atoms with Gasteiger partial charge in [0.05, 0.1) is 12.8 Å². The Hall–Kier alpha value is -2.18. The molecule has 1 heterocycles. The van der Waals surface area contributed by atoms with Gasteiger partial charge in [0.15, 0.2) is 11.8 Å². The Morgan fingerprint density at radius 3 is 2.61 bits per heavy atom. The van der Waals surface area contributed by atoms with E-state index in [1.54, 1.807) is 35.9 Å². The van der Waals surface area contributed by atoms with Gasteiger partial charge in [0, 0.05) is 16.8 Å². The highest BCUT2D eigenvalue weighted by molar-refractivity contribution is 8.14. The Kier molecular flexibility index (Phi) is 6.86. The number of carbonyl (C=O) groups excluding carboxylic acids is 1. The maximum absolute atomic E-state index is 12.9. The zero-order valence-corrected chi connectivity index (χ0v) is 17.7. The van der Waals surface area contributed by atoms with Crippen LogP contribution in [0.15, 0.2) is 47.5 Å². The number of ether oxygens (including phenoxy) is 2. The van der Waals surface area contributed by atoms with Crippen molar-refractivity contribution in [2.24, 2.45) is 4.99 Å². The number of hydrogen-bond acceptors (Lipinski definition) is 5. The average Bonchev–Trinajstić information content (AvgIpc) is 3.12. The highest BCUT2D eigenvalue weighted by atomic mass is 35.5. The van der Waals surface area contributed by atoms with E-state index in [0.29, 0.717) is 15.9 Å². The van der Waals surface area contributed by atoms with Crippen LogP contribution in [-0.2, 0) is 4.79 Å². The van der Waals surface area contributed by atoms with Gasteiger partial charge in [-0.1, -0.05) is 30.3 Å². The highest BCUT2D eigenvalue weighted by Gasteiger charge is 2.34. The molecule has 5 nitrogen and oxygen atoms in total. The summed E-state index contributed by atoms with van der Waals surface area (Å²) in [7, 11) is 1.63. The lowest BCUT2D eigenvalue weighted by Crippen LogP contribution is -2.41. The van der Waals surface area contributed by atoms with Crippen molar-refractivity contribution < 1.29 is 14.3 Å². The Morgan fingerprint density at radius 1 is 1.25 bits per heavy atom. The van der Waals surface area contributed by atoms with Gasteiger partial charge in [-0.3, -0.25) is 9.69 Å². The van der Waals surface area contributed by atoms with Crippen LogP contribution < -0.4 is 9.47 Å². The number of carbonyl (C=O) groups is 1. The third kappa shape index (κ3) is 4.80. The summed E-state index contributed by atoms with van der Waals surface area (Å²) in [5.41, 5.74) is 1.70. The minimum atomic E-state index is -0.100. The van der Waals surface area contributed by atoms with E-state index in [4.69, 9.17) is 21.1 Å². The minimum absolute atomic E-state index is 0.0419. The predicted molar refractivity (Wildman–Crippen MR) is 115 cm³/mol. The van der Waals surface area contributed by atoms with Gasteiger partial charge in [0.2, 0.25) is 0 Å². The molecule has 0 aliphatic carbocycles. The minimum Gasteiger partial charge on any atom is -0.497 e. The normalized spacial score (nSPS) is 17.8. The lowest BCUT2D eigenvalue weighted by Gasteiger charge is -2.23. The Balaban J connectivity index is 1.74. The number of amidine groups is 1. The molecule has 0 radical (unpaired) electrons. The number of methoxy groups -OCH3 is 1. The summed E-state index contributed by atoms with van der Waals surface area (Å²) in [5, 5.41) is 1.38. The number of aliphatic imine (C=N–C) groups is 1. The zero-order valence-electron chi connectivity index (χ0n) is 16.1. The first kappa shape index (κ1) is 20.6. The second kappa shape index (κ2) is 9.34. The van der Waals surface area contributed by atoms with Crippen molar-refractivity contribution in [2.75, 3.05) is 19.5 Å². The summed E-state index contributed by atoms with van der Waals surface area (Å²) in [4.78, 5) is 19.3. The molecule has 1 aliphatic heterocycles. The first-order valence-corrected chi connectivity index (χ1v) is 10.4. The molecule has 0 N–H and O–H groups in total. The lowest BCUT2D eigenvalue weighted by molar-refractivity contribution is -0.130. The van der Waals surface area contributed by atoms with Gasteiger partial charge in [-0.05, 0) is 61.4 Å². The van der Waals surface area contributed by atoms with Crippen LogP contribution in [0.2, 0.25) is 5.02 Å². The fourth-order valence-electron chi connectivity index (χ4n) is 2.86. The highest BCUT2D eigenvalue weighted by Crippen LogP contribution is 2.30. The number of thioether (sulfide) groups is 1. The summed E-state index contributed by atoms with van der Waals surface area (Å²) < 4.78 is 10.9. The smallest absolute Gasteiger partial charge is 0.266 e. The van der Waals surface area contributed by atoms with Crippen LogP contribution in [0.4, 0.5) is 5.69 Å². The molecule has 0 saturated carbocycles. The standard InChI is InChI=1S/C21H23ClN2O3S/c1-4-16-13-28-21(23-15-5-7-17(26-3)8-6-15)24(16)20(25)12-27-18-9-10-19(22)14(2)11-18/h5-11,16H,4,12-13H2,1-3H3/t16-/m0/s1. The van der Waals surface area contributed by atoms with Gasteiger partial charge in [-0.15, -0.1) is 0 Å². The van der Waals surface area contributed by atoms with E-state index in [0.717, 1.165) is 29.2 Å². The van der Waals surface area contributed by atoms with E-state index in [-0.39, 0.29) is 18.6 Å². The number of nitrogens with zero attached hydrogens (tertiary/aromatic N) is 2. The van der Waals surface area contributed by atoms with Crippen molar-refractivity contribution in [3.8, 4) is 11.5 Å². The molecule has 0 spiro atoms. The van der Waals surface area contributed by atoms with Crippen LogP contribution in [0.1, 0.15) is 18.9 Å². The predicted octanol–water partition coefficient (Wildman–Crippen LogP) is 5.08. The van der Waals surface area contributed by atoms with Crippen molar-refractivity contribution >= 4 is 40.1 Å². The largest absolute Gasteiger partial charge is 0.497 e. The van der Waals surface area contributed by atoms with Crippen molar-refractivity contribution in [3.05, 3.63) is 53.1 Å². The van der Waals surface area contributed by atoms with Crippen molar-refractivity contribution in [2.45, 2.75) is 26.3 Å². The molecule has 0 unspecified atom stereocenters. The average molecular weight is 419 g/mol. The summed E-state index contributed by atoms with van der Waals surface area (Å²) in [6, 6.07) is 13.0. The Labute approximate surface area is 174 Å². The SMILES string of the molecule is CC[C@H]1CSC(=Nc2ccc(OC)cc2)N1C(=O)COc1ccc(Cl)c(C)c1. The number of aryl methyl sites for hydroxylation is 1. The molecule has 1 atom stereocenters. The molecule has 3 rings (SSSR count). The third-order valence-electron chi connectivity index (χ3n) is 4.50. The molecule has 1 aliphatic rings. The van der Waals surface area contributed by atoms with E-state index in [1.807, 2.05) is 37.3 Å². The fraction of sp³-hybridized carbons (Fsp3) is 0.333. The van der Waals surface area contributed by atoms with Gasteiger partial charge in [-0.2, -0.15) is 0 Å². The summed E-state index contributed by atoms with van der Waals surface area (Å²) in [5.74, 6) is 2.13. The second-order valence-corrected chi connectivity index (χ2v) is 7.82. The molecular weight excluding hydrogens is 396 g/mol. The number of hydrogen-bond donors (Lipinski definition) is 0. The molecule has 148 valence electrons. The molecule has 1 saturated heterocycles. The third-order valence-corrected chi connectivity index (χ3v) is 6.03. The topological polar surface area (TPSA) is 51.1 Å². The first-order valence-electron chi connectivity index (χ1n) is 9.08. The van der Waals surface area contributed by atoms with E-state index in [1.165, 1.54) is 0 Å². The van der Waals surface area contributed by atoms with E-state index in [9.17, 15) is 4.79 Å². The van der Waals surface area contributed by atoms with Gasteiger partial charge in [0.25, 0.3) is 5.91 Å². The van der Waals surface area contributed by atoms with Gasteiger partial charge < -0.3 is 9.47 Å². The molecule has 1 amide bonds. The summed E-state index contributed by atoms with van der Waals surface area (Å²) in [6.07, 6.45) is 0.862. The van der Waals surface area contributed by atoms with Crippen LogP contribution in [0.5, 0.6) is 11.5 Å². The Bertz CT molecular complexity index is 870. The molecular formula is C21H23ClN2O3S. The quantitative estimate of drug-likeness (QED) is 0.656. The van der Waals surface area contributed by atoms with Crippen molar-refractivity contribution in [1.82, 2.24) is 4.90 Å². The van der Waals surface area contributed by atoms with Gasteiger partial charge >= 0.3 is 0 Å². The van der Waals surface area contributed by atoms with Gasteiger partial charge in [-0.25, -0.2) is 4.99 Å². The molecule has 1 fully saturated rings. The molecule has 7 heteroatoms. The van der Waals surface area contributed by atoms with Crippen molar-refractivity contribution in [1.29, 1.82) is 0 Å². The number of amides is 1. The van der Waals surface area contributed by atoms with Crippen molar-refractivity contribution in [3.63, 3.8) is 0 Å². The molecule has 0 bridgehead atoms. The first-order chi connectivity index (χ1) is 13.5. The number of halogens is 1. The van der Waals surface area contributed by atoms with Crippen LogP contribution in [-0.4, -0.2) is 41.5 Å². The van der Waals surface area contributed by atoms with E-state index < -0.39 is 0 Å². The van der Waals surface area contributed by atoms with Gasteiger partial charge in [0.1, 0.15) is 11.5 Å². The van der Waals surface area contributed by atoms with E-state index in [2.05, 4.69) is 11.9 Å². The van der Waals surface area contributed by atoms with Crippen LogP contribution in [0.3, 0.4) is 0 Å². The van der Waals surface area contributed by atoms with Crippen LogP contribution in [0.25, 0.3) is 0 Å². The van der Waals surface area contributed by atoms with Crippen LogP contribution >= 0.6 is 23.4 Å². The summed E-state index contributed by atoms with van der Waals surface area (Å²) >= 11 is 7.64. The summed E-state index contributed by atoms with van der Waals surface area (Å²) in [6.45, 7) is 3.94. The maximum atomic E-state index is 12.9. The molecule has 0 aromatic heterocycles. The van der Waals surface area contributed by atoms with Crippen LogP contribution in [0, 0.1) is 6.92 Å². The second-order valence-electron chi connectivity index (χ2n) is 6.43.